The minimum absolute atomic E-state index is 0.0413. The fraction of sp³-hybridized carbons (Fsp3) is 0.542. The largest absolute Gasteiger partial charge is 0.494 e. The number of aromatic nitrogens is 1. The number of benzene rings is 1. The number of fused-ring (bicyclic) bond motifs is 1. The first-order valence-electron chi connectivity index (χ1n) is 11.5. The summed E-state index contributed by atoms with van der Waals surface area (Å²) in [6.07, 6.45) is 6.24. The molecule has 1 aromatic heterocycles. The Labute approximate surface area is 187 Å². The van der Waals surface area contributed by atoms with E-state index in [2.05, 4.69) is 10.3 Å². The highest BCUT2D eigenvalue weighted by atomic mass is 16.5. The van der Waals surface area contributed by atoms with Crippen LogP contribution in [0.15, 0.2) is 35.1 Å². The van der Waals surface area contributed by atoms with Crippen molar-refractivity contribution in [2.45, 2.75) is 70.1 Å². The smallest absolute Gasteiger partial charge is 0.318 e. The van der Waals surface area contributed by atoms with Gasteiger partial charge in [-0.15, -0.1) is 0 Å². The van der Waals surface area contributed by atoms with Crippen LogP contribution in [0.4, 0.5) is 4.79 Å². The highest BCUT2D eigenvalue weighted by Gasteiger charge is 2.42. The third kappa shape index (κ3) is 5.60. The number of pyridine rings is 1. The van der Waals surface area contributed by atoms with E-state index < -0.39 is 0 Å². The molecule has 2 unspecified atom stereocenters. The molecular formula is C24H31N3O5. The lowest BCUT2D eigenvalue weighted by atomic mass is 9.91. The molecule has 8 nitrogen and oxygen atoms in total. The van der Waals surface area contributed by atoms with E-state index in [4.69, 9.17) is 9.47 Å². The van der Waals surface area contributed by atoms with E-state index in [1.807, 2.05) is 23.1 Å². The summed E-state index contributed by atoms with van der Waals surface area (Å²) in [6, 6.07) is 8.92. The maximum atomic E-state index is 13.0. The van der Waals surface area contributed by atoms with Crippen molar-refractivity contribution in [1.82, 2.24) is 15.2 Å². The van der Waals surface area contributed by atoms with E-state index in [9.17, 15) is 14.4 Å². The Bertz CT molecular complexity index is 1020. The number of hydrogen-bond donors (Lipinski definition) is 2. The van der Waals surface area contributed by atoms with Crippen LogP contribution >= 0.6 is 0 Å². The van der Waals surface area contributed by atoms with Crippen molar-refractivity contribution in [3.8, 4) is 5.75 Å². The summed E-state index contributed by atoms with van der Waals surface area (Å²) in [5, 5.41) is 3.93. The van der Waals surface area contributed by atoms with Gasteiger partial charge in [0.2, 0.25) is 5.56 Å². The number of hydrogen-bond acceptors (Lipinski definition) is 5. The molecule has 1 heterocycles. The van der Waals surface area contributed by atoms with Gasteiger partial charge in [0.1, 0.15) is 11.9 Å². The molecule has 0 radical (unpaired) electrons. The number of carbonyl (C=O) groups excluding carboxylic acids is 2. The van der Waals surface area contributed by atoms with Crippen molar-refractivity contribution < 1.29 is 19.1 Å². The standard InChI is InChI=1S/C24H31N3O5/c1-16(28)32-22-6-3-2-5-21(22)27(18-8-9-18)24(30)25-13-4-14-31-19-10-11-20-17(15-19)7-12-23(29)26-20/h7,10-12,15,18,21-22H,2-6,8-9,13-14H2,1H3,(H,25,30)(H,26,29). The highest BCUT2D eigenvalue weighted by Crippen LogP contribution is 2.35. The zero-order valence-corrected chi connectivity index (χ0v) is 18.5. The predicted octanol–water partition coefficient (Wildman–Crippen LogP) is 3.35. The zero-order chi connectivity index (χ0) is 22.5. The fourth-order valence-electron chi connectivity index (χ4n) is 4.46. The summed E-state index contributed by atoms with van der Waals surface area (Å²) >= 11 is 0. The van der Waals surface area contributed by atoms with Gasteiger partial charge >= 0.3 is 12.0 Å². The molecule has 2 saturated carbocycles. The Morgan fingerprint density at radius 3 is 2.72 bits per heavy atom. The van der Waals surface area contributed by atoms with Gasteiger partial charge in [0.15, 0.2) is 0 Å². The minimum atomic E-state index is -0.282. The van der Waals surface area contributed by atoms with Crippen LogP contribution < -0.4 is 15.6 Å². The van der Waals surface area contributed by atoms with Gasteiger partial charge in [-0.25, -0.2) is 4.79 Å². The third-order valence-corrected chi connectivity index (χ3v) is 6.08. The normalized spacial score (nSPS) is 20.5. The Kier molecular flexibility index (Phi) is 6.97. The Hall–Kier alpha value is -3.03. The van der Waals surface area contributed by atoms with Crippen LogP contribution in [0.2, 0.25) is 0 Å². The maximum Gasteiger partial charge on any atom is 0.318 e. The van der Waals surface area contributed by atoms with Gasteiger partial charge in [0, 0.05) is 36.5 Å². The van der Waals surface area contributed by atoms with Crippen LogP contribution in [-0.2, 0) is 9.53 Å². The van der Waals surface area contributed by atoms with Gasteiger partial charge in [-0.05, 0) is 62.8 Å². The summed E-state index contributed by atoms with van der Waals surface area (Å²) in [6.45, 7) is 2.41. The second-order valence-electron chi connectivity index (χ2n) is 8.64. The molecule has 172 valence electrons. The van der Waals surface area contributed by atoms with E-state index in [0.29, 0.717) is 19.6 Å². The third-order valence-electron chi connectivity index (χ3n) is 6.08. The van der Waals surface area contributed by atoms with Crippen LogP contribution in [0.25, 0.3) is 10.9 Å². The number of urea groups is 1. The van der Waals surface area contributed by atoms with Crippen LogP contribution in [-0.4, -0.2) is 53.2 Å². The molecule has 2 aliphatic carbocycles. The van der Waals surface area contributed by atoms with Crippen molar-refractivity contribution >= 4 is 22.9 Å². The topological polar surface area (TPSA) is 101 Å². The first-order chi connectivity index (χ1) is 15.5. The van der Waals surface area contributed by atoms with Gasteiger partial charge in [-0.2, -0.15) is 0 Å². The van der Waals surface area contributed by atoms with Crippen LogP contribution in [0.5, 0.6) is 5.75 Å². The molecule has 2 aromatic rings. The summed E-state index contributed by atoms with van der Waals surface area (Å²) in [7, 11) is 0. The molecule has 0 bridgehead atoms. The second-order valence-corrected chi connectivity index (χ2v) is 8.64. The second kappa shape index (κ2) is 10.1. The minimum Gasteiger partial charge on any atom is -0.494 e. The van der Waals surface area contributed by atoms with Crippen molar-refractivity contribution in [3.63, 3.8) is 0 Å². The van der Waals surface area contributed by atoms with Gasteiger partial charge in [0.25, 0.3) is 0 Å². The van der Waals surface area contributed by atoms with Crippen molar-refractivity contribution in [1.29, 1.82) is 0 Å². The first kappa shape index (κ1) is 22.2. The fourth-order valence-corrected chi connectivity index (χ4v) is 4.46. The molecular weight excluding hydrogens is 410 g/mol. The monoisotopic (exact) mass is 441 g/mol. The van der Waals surface area contributed by atoms with Crippen molar-refractivity contribution in [2.24, 2.45) is 0 Å². The average molecular weight is 442 g/mol. The van der Waals surface area contributed by atoms with Gasteiger partial charge in [-0.3, -0.25) is 9.59 Å². The van der Waals surface area contributed by atoms with Gasteiger partial charge in [0.05, 0.1) is 12.6 Å². The lowest BCUT2D eigenvalue weighted by Crippen LogP contribution is -2.54. The lowest BCUT2D eigenvalue weighted by molar-refractivity contribution is -0.151. The SMILES string of the molecule is CC(=O)OC1CCCCC1N(C(=O)NCCCOc1ccc2[nH]c(=O)ccc2c1)C1CC1. The zero-order valence-electron chi connectivity index (χ0n) is 18.5. The molecule has 0 aliphatic heterocycles. The van der Waals surface area contributed by atoms with E-state index in [1.54, 1.807) is 6.07 Å². The average Bonchev–Trinajstić information content (AvgIpc) is 3.59. The maximum absolute atomic E-state index is 13.0. The quantitative estimate of drug-likeness (QED) is 0.483. The van der Waals surface area contributed by atoms with Crippen LogP contribution in [0, 0.1) is 0 Å². The number of amides is 2. The van der Waals surface area contributed by atoms with E-state index >= 15 is 0 Å². The first-order valence-corrected chi connectivity index (χ1v) is 11.5. The summed E-state index contributed by atoms with van der Waals surface area (Å²) in [5.41, 5.74) is 0.640. The van der Waals surface area contributed by atoms with E-state index in [-0.39, 0.29) is 35.7 Å². The van der Waals surface area contributed by atoms with Crippen molar-refractivity contribution in [2.75, 3.05) is 13.2 Å². The molecule has 2 aliphatic rings. The molecule has 4 rings (SSSR count). The van der Waals surface area contributed by atoms with E-state index in [1.165, 1.54) is 13.0 Å². The Morgan fingerprint density at radius 2 is 1.94 bits per heavy atom. The van der Waals surface area contributed by atoms with Gasteiger partial charge < -0.3 is 24.7 Å². The highest BCUT2D eigenvalue weighted by molar-refractivity contribution is 5.79. The molecule has 1 aromatic carbocycles. The number of H-pyrrole nitrogens is 1. The van der Waals surface area contributed by atoms with Gasteiger partial charge in [-0.1, -0.05) is 6.42 Å². The van der Waals surface area contributed by atoms with Crippen LogP contribution in [0.1, 0.15) is 51.9 Å². The molecule has 2 amide bonds. The number of esters is 1. The molecule has 8 heteroatoms. The molecule has 32 heavy (non-hydrogen) atoms. The summed E-state index contributed by atoms with van der Waals surface area (Å²) < 4.78 is 11.4. The van der Waals surface area contributed by atoms with E-state index in [0.717, 1.165) is 55.2 Å². The number of nitrogens with zero attached hydrogens (tertiary/aromatic N) is 1. The summed E-state index contributed by atoms with van der Waals surface area (Å²) in [5.74, 6) is 0.442. The molecule has 2 atom stereocenters. The number of nitrogens with one attached hydrogen (secondary N) is 2. The number of rotatable bonds is 8. The molecule has 2 fully saturated rings. The lowest BCUT2D eigenvalue weighted by Gasteiger charge is -2.39. The number of aromatic amines is 1. The number of ether oxygens (including phenoxy) is 2. The van der Waals surface area contributed by atoms with Crippen molar-refractivity contribution in [3.05, 3.63) is 40.7 Å². The Balaban J connectivity index is 1.26. The predicted molar refractivity (Wildman–Crippen MR) is 121 cm³/mol. The molecule has 2 N–H and O–H groups in total. The molecule has 0 saturated heterocycles. The summed E-state index contributed by atoms with van der Waals surface area (Å²) in [4.78, 5) is 40.6. The molecule has 0 spiro atoms. The number of carbonyl (C=O) groups is 2. The van der Waals surface area contributed by atoms with Crippen LogP contribution in [0.3, 0.4) is 0 Å². The Morgan fingerprint density at radius 1 is 1.12 bits per heavy atom.